The summed E-state index contributed by atoms with van der Waals surface area (Å²) >= 11 is 0. The highest BCUT2D eigenvalue weighted by molar-refractivity contribution is 5.78. The van der Waals surface area contributed by atoms with Crippen LogP contribution >= 0.6 is 0 Å². The van der Waals surface area contributed by atoms with Gasteiger partial charge in [-0.05, 0) is 25.0 Å². The Balaban J connectivity index is 1.91. The van der Waals surface area contributed by atoms with E-state index in [1.54, 1.807) is 7.11 Å². The Morgan fingerprint density at radius 2 is 2.09 bits per heavy atom. The average Bonchev–Trinajstić information content (AvgIpc) is 3.05. The van der Waals surface area contributed by atoms with Gasteiger partial charge in [0.2, 0.25) is 5.91 Å². The Hall–Kier alpha value is -2.30. The maximum Gasteiger partial charge on any atom is 0.223 e. The molecule has 1 amide bonds. The molecule has 0 aliphatic rings. The fraction of sp³-hybridized carbons (Fsp3) is 0.444. The lowest BCUT2D eigenvalue weighted by Gasteiger charge is -2.11. The van der Waals surface area contributed by atoms with Crippen molar-refractivity contribution in [1.82, 2.24) is 10.5 Å². The Labute approximate surface area is 137 Å². The number of aromatic nitrogens is 1. The third-order valence-electron chi connectivity index (χ3n) is 3.95. The number of hydrogen-bond acceptors (Lipinski definition) is 4. The standard InChI is InChI=1S/C18H24N2O3/c1-4-13(5-2)18(21)19-10-9-15-12-17(23-20-15)14-7-6-8-16(11-14)22-3/h6-8,11-13H,4-5,9-10H2,1-3H3,(H,19,21). The molecule has 5 heteroatoms. The molecular formula is C18H24N2O3. The molecular weight excluding hydrogens is 292 g/mol. The first-order chi connectivity index (χ1) is 11.2. The van der Waals surface area contributed by atoms with E-state index in [1.807, 2.05) is 44.2 Å². The number of hydrogen-bond donors (Lipinski definition) is 1. The number of nitrogens with one attached hydrogen (secondary N) is 1. The van der Waals surface area contributed by atoms with Gasteiger partial charge in [0.25, 0.3) is 0 Å². The Morgan fingerprint density at radius 1 is 1.30 bits per heavy atom. The number of amides is 1. The largest absolute Gasteiger partial charge is 0.497 e. The molecule has 0 fully saturated rings. The fourth-order valence-electron chi connectivity index (χ4n) is 2.46. The van der Waals surface area contributed by atoms with E-state index in [2.05, 4.69) is 10.5 Å². The second-order valence-corrected chi connectivity index (χ2v) is 5.47. The topological polar surface area (TPSA) is 64.4 Å². The van der Waals surface area contributed by atoms with Crippen LogP contribution in [0.25, 0.3) is 11.3 Å². The van der Waals surface area contributed by atoms with Crippen LogP contribution in [-0.2, 0) is 11.2 Å². The predicted molar refractivity (Wildman–Crippen MR) is 89.3 cm³/mol. The molecule has 1 aromatic carbocycles. The molecule has 1 heterocycles. The molecule has 1 aromatic heterocycles. The molecule has 0 atom stereocenters. The van der Waals surface area contributed by atoms with Crippen LogP contribution in [0.1, 0.15) is 32.4 Å². The van der Waals surface area contributed by atoms with Crippen molar-refractivity contribution in [3.8, 4) is 17.1 Å². The van der Waals surface area contributed by atoms with E-state index < -0.39 is 0 Å². The summed E-state index contributed by atoms with van der Waals surface area (Å²) in [6.45, 7) is 4.64. The second-order valence-electron chi connectivity index (χ2n) is 5.47. The predicted octanol–water partition coefficient (Wildman–Crippen LogP) is 3.45. The molecule has 0 saturated carbocycles. The highest BCUT2D eigenvalue weighted by Gasteiger charge is 2.13. The molecule has 0 unspecified atom stereocenters. The van der Waals surface area contributed by atoms with Gasteiger partial charge in [0, 0.05) is 30.5 Å². The molecule has 0 aliphatic heterocycles. The van der Waals surface area contributed by atoms with Gasteiger partial charge in [-0.15, -0.1) is 0 Å². The summed E-state index contributed by atoms with van der Waals surface area (Å²) in [4.78, 5) is 11.9. The Morgan fingerprint density at radius 3 is 2.78 bits per heavy atom. The van der Waals surface area contributed by atoms with E-state index in [1.165, 1.54) is 0 Å². The van der Waals surface area contributed by atoms with Gasteiger partial charge in [0.15, 0.2) is 5.76 Å². The maximum absolute atomic E-state index is 11.9. The van der Waals surface area contributed by atoms with Gasteiger partial charge in [-0.2, -0.15) is 0 Å². The molecule has 0 spiro atoms. The second kappa shape index (κ2) is 8.36. The summed E-state index contributed by atoms with van der Waals surface area (Å²) in [6, 6.07) is 9.54. The number of benzene rings is 1. The zero-order valence-electron chi connectivity index (χ0n) is 14.0. The van der Waals surface area contributed by atoms with Gasteiger partial charge in [-0.3, -0.25) is 4.79 Å². The quantitative estimate of drug-likeness (QED) is 0.810. The van der Waals surface area contributed by atoms with E-state index >= 15 is 0 Å². The van der Waals surface area contributed by atoms with Gasteiger partial charge in [-0.25, -0.2) is 0 Å². The average molecular weight is 316 g/mol. The van der Waals surface area contributed by atoms with Crippen LogP contribution in [0.5, 0.6) is 5.75 Å². The molecule has 2 aromatic rings. The van der Waals surface area contributed by atoms with Crippen LogP contribution in [0.4, 0.5) is 0 Å². The number of carbonyl (C=O) groups excluding carboxylic acids is 1. The lowest BCUT2D eigenvalue weighted by atomic mass is 10.0. The minimum atomic E-state index is 0.0969. The van der Waals surface area contributed by atoms with Crippen molar-refractivity contribution in [2.75, 3.05) is 13.7 Å². The summed E-state index contributed by atoms with van der Waals surface area (Å²) in [5.41, 5.74) is 1.75. The van der Waals surface area contributed by atoms with Gasteiger partial charge in [0.1, 0.15) is 5.75 Å². The Bertz CT molecular complexity index is 633. The lowest BCUT2D eigenvalue weighted by molar-refractivity contribution is -0.125. The number of ether oxygens (including phenoxy) is 1. The molecule has 1 N–H and O–H groups in total. The van der Waals surface area contributed by atoms with E-state index in [0.29, 0.717) is 18.7 Å². The Kier molecular flexibility index (Phi) is 6.20. The van der Waals surface area contributed by atoms with Crippen molar-refractivity contribution in [1.29, 1.82) is 0 Å². The molecule has 23 heavy (non-hydrogen) atoms. The van der Waals surface area contributed by atoms with Crippen molar-refractivity contribution in [3.05, 3.63) is 36.0 Å². The molecule has 0 aliphatic carbocycles. The van der Waals surface area contributed by atoms with Crippen molar-refractivity contribution in [2.24, 2.45) is 5.92 Å². The number of nitrogens with zero attached hydrogens (tertiary/aromatic N) is 1. The third kappa shape index (κ3) is 4.58. The van der Waals surface area contributed by atoms with Crippen LogP contribution < -0.4 is 10.1 Å². The number of carbonyl (C=O) groups is 1. The van der Waals surface area contributed by atoms with E-state index in [4.69, 9.17) is 9.26 Å². The zero-order valence-corrected chi connectivity index (χ0v) is 14.0. The number of rotatable bonds is 8. The van der Waals surface area contributed by atoms with Gasteiger partial charge >= 0.3 is 0 Å². The third-order valence-corrected chi connectivity index (χ3v) is 3.95. The van der Waals surface area contributed by atoms with Gasteiger partial charge in [0.05, 0.1) is 12.8 Å². The molecule has 0 radical (unpaired) electrons. The summed E-state index contributed by atoms with van der Waals surface area (Å²) in [5, 5.41) is 7.02. The number of methoxy groups -OCH3 is 1. The normalized spacial score (nSPS) is 10.8. The summed E-state index contributed by atoms with van der Waals surface area (Å²) in [7, 11) is 1.63. The first-order valence-electron chi connectivity index (χ1n) is 8.05. The molecule has 0 bridgehead atoms. The fourth-order valence-corrected chi connectivity index (χ4v) is 2.46. The van der Waals surface area contributed by atoms with E-state index in [-0.39, 0.29) is 11.8 Å². The molecule has 124 valence electrons. The van der Waals surface area contributed by atoms with Gasteiger partial charge < -0.3 is 14.6 Å². The van der Waals surface area contributed by atoms with Crippen LogP contribution in [0, 0.1) is 5.92 Å². The summed E-state index contributed by atoms with van der Waals surface area (Å²) < 4.78 is 10.6. The highest BCUT2D eigenvalue weighted by Crippen LogP contribution is 2.24. The van der Waals surface area contributed by atoms with E-state index in [0.717, 1.165) is 29.8 Å². The van der Waals surface area contributed by atoms with Crippen LogP contribution in [0.2, 0.25) is 0 Å². The van der Waals surface area contributed by atoms with Crippen molar-refractivity contribution >= 4 is 5.91 Å². The van der Waals surface area contributed by atoms with Crippen LogP contribution in [0.15, 0.2) is 34.9 Å². The van der Waals surface area contributed by atoms with Gasteiger partial charge in [-0.1, -0.05) is 31.1 Å². The van der Waals surface area contributed by atoms with Crippen LogP contribution in [-0.4, -0.2) is 24.7 Å². The minimum Gasteiger partial charge on any atom is -0.497 e. The van der Waals surface area contributed by atoms with Crippen molar-refractivity contribution in [2.45, 2.75) is 33.1 Å². The van der Waals surface area contributed by atoms with E-state index in [9.17, 15) is 4.79 Å². The first-order valence-corrected chi connectivity index (χ1v) is 8.05. The van der Waals surface area contributed by atoms with Crippen molar-refractivity contribution < 1.29 is 14.1 Å². The highest BCUT2D eigenvalue weighted by atomic mass is 16.5. The first kappa shape index (κ1) is 17.1. The minimum absolute atomic E-state index is 0.0969. The maximum atomic E-state index is 11.9. The molecule has 2 rings (SSSR count). The smallest absolute Gasteiger partial charge is 0.223 e. The van der Waals surface area contributed by atoms with Crippen LogP contribution in [0.3, 0.4) is 0 Å². The lowest BCUT2D eigenvalue weighted by Crippen LogP contribution is -2.31. The molecule has 5 nitrogen and oxygen atoms in total. The SMILES string of the molecule is CCC(CC)C(=O)NCCc1cc(-c2cccc(OC)c2)on1. The van der Waals surface area contributed by atoms with Crippen molar-refractivity contribution in [3.63, 3.8) is 0 Å². The monoisotopic (exact) mass is 316 g/mol. The summed E-state index contributed by atoms with van der Waals surface area (Å²) in [6.07, 6.45) is 2.39. The summed E-state index contributed by atoms with van der Waals surface area (Å²) in [5.74, 6) is 1.69. The molecule has 0 saturated heterocycles. The zero-order chi connectivity index (χ0) is 16.7.